The van der Waals surface area contributed by atoms with Crippen molar-refractivity contribution in [3.8, 4) is 0 Å². The van der Waals surface area contributed by atoms with Crippen LogP contribution in [0.5, 0.6) is 0 Å². The predicted octanol–water partition coefficient (Wildman–Crippen LogP) is 2.57. The van der Waals surface area contributed by atoms with E-state index in [9.17, 15) is 21.6 Å². The molecule has 0 aliphatic rings. The van der Waals surface area contributed by atoms with Gasteiger partial charge in [0.25, 0.3) is 10.0 Å². The van der Waals surface area contributed by atoms with Crippen molar-refractivity contribution in [1.82, 2.24) is 8.61 Å². The fourth-order valence-corrected chi connectivity index (χ4v) is 4.99. The van der Waals surface area contributed by atoms with Crippen molar-refractivity contribution in [2.24, 2.45) is 0 Å². The van der Waals surface area contributed by atoms with Crippen molar-refractivity contribution in [3.63, 3.8) is 0 Å². The smallest absolute Gasteiger partial charge is 0.340 e. The van der Waals surface area contributed by atoms with Crippen molar-refractivity contribution >= 4 is 37.6 Å². The van der Waals surface area contributed by atoms with E-state index >= 15 is 0 Å². The van der Waals surface area contributed by atoms with Crippen LogP contribution in [0.2, 0.25) is 5.02 Å². The number of hydrogen-bond donors (Lipinski definition) is 0. The second-order valence-corrected chi connectivity index (χ2v) is 10.7. The molecule has 2 rings (SSSR count). The SMILES string of the molecule is CCN(CC)S(=O)(=O)c1ccc(Cl)c(C(=O)OCc2ccc(S(=O)(=O)N(C)C)o2)c1. The molecule has 0 saturated carbocycles. The maximum Gasteiger partial charge on any atom is 0.340 e. The van der Waals surface area contributed by atoms with E-state index in [-0.39, 0.29) is 46.0 Å². The lowest BCUT2D eigenvalue weighted by molar-refractivity contribution is 0.0440. The predicted molar refractivity (Wildman–Crippen MR) is 110 cm³/mol. The first-order chi connectivity index (χ1) is 13.9. The van der Waals surface area contributed by atoms with Gasteiger partial charge in [-0.25, -0.2) is 25.9 Å². The van der Waals surface area contributed by atoms with Crippen LogP contribution in [0.4, 0.5) is 0 Å². The molecule has 2 aromatic rings. The standard InChI is InChI=1S/C18H23ClN2O7S2/c1-5-21(6-2)29(23,24)14-8-9-16(19)15(11-14)18(22)27-12-13-7-10-17(28-13)30(25,26)20(3)4/h7-11H,5-6,12H2,1-4H3. The second kappa shape index (κ2) is 9.48. The number of ether oxygens (including phenoxy) is 1. The van der Waals surface area contributed by atoms with Gasteiger partial charge in [-0.05, 0) is 30.3 Å². The molecule has 30 heavy (non-hydrogen) atoms. The zero-order valence-electron chi connectivity index (χ0n) is 17.0. The summed E-state index contributed by atoms with van der Waals surface area (Å²) >= 11 is 6.05. The van der Waals surface area contributed by atoms with Crippen molar-refractivity contribution < 1.29 is 30.8 Å². The summed E-state index contributed by atoms with van der Waals surface area (Å²) < 4.78 is 62.0. The van der Waals surface area contributed by atoms with Gasteiger partial charge in [0.05, 0.1) is 15.5 Å². The van der Waals surface area contributed by atoms with Gasteiger partial charge in [0.15, 0.2) is 0 Å². The molecule has 0 radical (unpaired) electrons. The molecule has 166 valence electrons. The number of nitrogens with zero attached hydrogens (tertiary/aromatic N) is 2. The summed E-state index contributed by atoms with van der Waals surface area (Å²) in [6, 6.07) is 6.40. The maximum absolute atomic E-state index is 12.7. The number of esters is 1. The molecule has 0 aliphatic heterocycles. The minimum absolute atomic E-state index is 0.0221. The first-order valence-electron chi connectivity index (χ1n) is 8.93. The number of benzene rings is 1. The third-order valence-corrected chi connectivity index (χ3v) is 8.28. The average Bonchev–Trinajstić information content (AvgIpc) is 3.16. The lowest BCUT2D eigenvalue weighted by atomic mass is 10.2. The minimum Gasteiger partial charge on any atom is -0.454 e. The highest BCUT2D eigenvalue weighted by Gasteiger charge is 2.25. The lowest BCUT2D eigenvalue weighted by Gasteiger charge is -2.19. The molecule has 0 unspecified atom stereocenters. The summed E-state index contributed by atoms with van der Waals surface area (Å²) in [5.41, 5.74) is -0.127. The number of hydrogen-bond acceptors (Lipinski definition) is 7. The van der Waals surface area contributed by atoms with E-state index in [1.165, 1.54) is 42.7 Å². The van der Waals surface area contributed by atoms with Crippen LogP contribution in [-0.2, 0) is 31.4 Å². The molecule has 0 amide bonds. The Bertz CT molecular complexity index is 1120. The molecule has 1 aromatic carbocycles. The Morgan fingerprint density at radius 3 is 2.23 bits per heavy atom. The summed E-state index contributed by atoms with van der Waals surface area (Å²) in [5.74, 6) is -0.767. The van der Waals surface area contributed by atoms with E-state index < -0.39 is 26.0 Å². The van der Waals surface area contributed by atoms with Gasteiger partial charge in [-0.3, -0.25) is 0 Å². The Balaban J connectivity index is 2.22. The number of carbonyl (C=O) groups excluding carboxylic acids is 1. The van der Waals surface area contributed by atoms with Gasteiger partial charge in [-0.1, -0.05) is 25.4 Å². The Kier molecular flexibility index (Phi) is 7.69. The second-order valence-electron chi connectivity index (χ2n) is 6.32. The van der Waals surface area contributed by atoms with Crippen LogP contribution in [0.15, 0.2) is 44.7 Å². The zero-order chi connectivity index (χ0) is 22.7. The molecule has 12 heteroatoms. The number of rotatable bonds is 9. The Labute approximate surface area is 181 Å². The summed E-state index contributed by atoms with van der Waals surface area (Å²) in [6.45, 7) is 3.61. The molecule has 0 spiro atoms. The summed E-state index contributed by atoms with van der Waals surface area (Å²) in [5, 5.41) is -0.266. The zero-order valence-corrected chi connectivity index (χ0v) is 19.3. The van der Waals surface area contributed by atoms with Crippen LogP contribution in [0, 0.1) is 0 Å². The van der Waals surface area contributed by atoms with Crippen LogP contribution in [0.25, 0.3) is 0 Å². The molecule has 1 heterocycles. The van der Waals surface area contributed by atoms with Crippen molar-refractivity contribution in [3.05, 3.63) is 46.7 Å². The van der Waals surface area contributed by atoms with Gasteiger partial charge < -0.3 is 9.15 Å². The molecule has 0 bridgehead atoms. The van der Waals surface area contributed by atoms with Gasteiger partial charge in [0, 0.05) is 27.2 Å². The highest BCUT2D eigenvalue weighted by atomic mass is 35.5. The van der Waals surface area contributed by atoms with Gasteiger partial charge in [-0.2, -0.15) is 4.31 Å². The van der Waals surface area contributed by atoms with Gasteiger partial charge in [0.2, 0.25) is 15.1 Å². The number of carbonyl (C=O) groups is 1. The third-order valence-electron chi connectivity index (χ3n) is 4.22. The highest BCUT2D eigenvalue weighted by molar-refractivity contribution is 7.89. The Morgan fingerprint density at radius 1 is 1.03 bits per heavy atom. The summed E-state index contributed by atoms with van der Waals surface area (Å²) in [4.78, 5) is 12.4. The van der Waals surface area contributed by atoms with E-state index in [1.807, 2.05) is 0 Å². The fourth-order valence-electron chi connectivity index (χ4n) is 2.50. The molecule has 1 aromatic heterocycles. The first kappa shape index (κ1) is 24.4. The maximum atomic E-state index is 12.7. The van der Waals surface area contributed by atoms with E-state index in [2.05, 4.69) is 0 Å². The van der Waals surface area contributed by atoms with Crippen molar-refractivity contribution in [2.45, 2.75) is 30.4 Å². The average molecular weight is 479 g/mol. The van der Waals surface area contributed by atoms with Crippen LogP contribution in [-0.4, -0.2) is 58.6 Å². The van der Waals surface area contributed by atoms with E-state index in [0.717, 1.165) is 10.4 Å². The molecule has 0 N–H and O–H groups in total. The van der Waals surface area contributed by atoms with Gasteiger partial charge >= 0.3 is 5.97 Å². The molecular formula is C18H23ClN2O7S2. The normalized spacial score (nSPS) is 12.5. The topological polar surface area (TPSA) is 114 Å². The minimum atomic E-state index is -3.79. The molecule has 0 atom stereocenters. The first-order valence-corrected chi connectivity index (χ1v) is 12.2. The van der Waals surface area contributed by atoms with Crippen LogP contribution < -0.4 is 0 Å². The number of halogens is 1. The van der Waals surface area contributed by atoms with Crippen molar-refractivity contribution in [1.29, 1.82) is 0 Å². The molecular weight excluding hydrogens is 456 g/mol. The number of furan rings is 1. The Hall–Kier alpha value is -1.92. The van der Waals surface area contributed by atoms with Gasteiger partial charge in [0.1, 0.15) is 12.4 Å². The molecule has 0 saturated heterocycles. The van der Waals surface area contributed by atoms with Crippen LogP contribution in [0.3, 0.4) is 0 Å². The summed E-state index contributed by atoms with van der Waals surface area (Å²) in [6.07, 6.45) is 0. The number of sulfonamides is 2. The third kappa shape index (κ3) is 5.03. The van der Waals surface area contributed by atoms with Crippen LogP contribution in [0.1, 0.15) is 30.0 Å². The molecule has 0 fully saturated rings. The lowest BCUT2D eigenvalue weighted by Crippen LogP contribution is -2.30. The monoisotopic (exact) mass is 478 g/mol. The quantitative estimate of drug-likeness (QED) is 0.509. The van der Waals surface area contributed by atoms with Crippen molar-refractivity contribution in [2.75, 3.05) is 27.2 Å². The largest absolute Gasteiger partial charge is 0.454 e. The van der Waals surface area contributed by atoms with E-state index in [0.29, 0.717) is 0 Å². The molecule has 0 aliphatic carbocycles. The molecule has 9 nitrogen and oxygen atoms in total. The fraction of sp³-hybridized carbons (Fsp3) is 0.389. The van der Waals surface area contributed by atoms with Crippen LogP contribution >= 0.6 is 11.6 Å². The van der Waals surface area contributed by atoms with E-state index in [1.54, 1.807) is 13.8 Å². The Morgan fingerprint density at radius 2 is 1.67 bits per heavy atom. The van der Waals surface area contributed by atoms with Gasteiger partial charge in [-0.15, -0.1) is 0 Å². The highest BCUT2D eigenvalue weighted by Crippen LogP contribution is 2.24. The summed E-state index contributed by atoms with van der Waals surface area (Å²) in [7, 11) is -4.82. The van der Waals surface area contributed by atoms with E-state index in [4.69, 9.17) is 20.8 Å².